The molecule has 2 aliphatic rings. The Morgan fingerprint density at radius 2 is 1.77 bits per heavy atom. The van der Waals surface area contributed by atoms with E-state index < -0.39 is 0 Å². The van der Waals surface area contributed by atoms with Gasteiger partial charge in [-0.15, -0.1) is 24.8 Å². The van der Waals surface area contributed by atoms with E-state index in [-0.39, 0.29) is 24.8 Å². The second-order valence-corrected chi connectivity index (χ2v) is 6.51. The first-order valence-corrected chi connectivity index (χ1v) is 8.36. The van der Waals surface area contributed by atoms with Crippen LogP contribution in [0.15, 0.2) is 30.3 Å². The Bertz CT molecular complexity index is 420. The van der Waals surface area contributed by atoms with Crippen LogP contribution in [0.5, 0.6) is 0 Å². The van der Waals surface area contributed by atoms with Crippen molar-refractivity contribution in [3.63, 3.8) is 0 Å². The molecule has 22 heavy (non-hydrogen) atoms. The first-order chi connectivity index (χ1) is 9.84. The predicted octanol–water partition coefficient (Wildman–Crippen LogP) is 4.24. The van der Waals surface area contributed by atoms with Gasteiger partial charge in [-0.2, -0.15) is 0 Å². The van der Waals surface area contributed by atoms with Gasteiger partial charge in [-0.1, -0.05) is 43.7 Å². The van der Waals surface area contributed by atoms with E-state index in [4.69, 9.17) is 0 Å². The lowest BCUT2D eigenvalue weighted by Gasteiger charge is -2.27. The van der Waals surface area contributed by atoms with Crippen molar-refractivity contribution in [2.24, 2.45) is 0 Å². The Kier molecular flexibility index (Phi) is 8.20. The maximum atomic E-state index is 3.87. The monoisotopic (exact) mass is 344 g/mol. The van der Waals surface area contributed by atoms with Crippen molar-refractivity contribution < 1.29 is 0 Å². The van der Waals surface area contributed by atoms with Gasteiger partial charge < -0.3 is 10.2 Å². The van der Waals surface area contributed by atoms with Gasteiger partial charge in [-0.3, -0.25) is 0 Å². The highest BCUT2D eigenvalue weighted by Crippen LogP contribution is 2.53. The maximum absolute atomic E-state index is 3.87. The van der Waals surface area contributed by atoms with E-state index in [0.717, 1.165) is 12.5 Å². The Hall–Kier alpha value is -0.280. The van der Waals surface area contributed by atoms with Crippen molar-refractivity contribution >= 4 is 24.8 Å². The number of nitrogens with one attached hydrogen (secondary N) is 1. The fourth-order valence-corrected chi connectivity index (χ4v) is 3.78. The zero-order valence-corrected chi connectivity index (χ0v) is 15.2. The molecule has 1 saturated carbocycles. The topological polar surface area (TPSA) is 15.3 Å². The van der Waals surface area contributed by atoms with Crippen LogP contribution in [0.4, 0.5) is 0 Å². The van der Waals surface area contributed by atoms with Crippen LogP contribution < -0.4 is 5.32 Å². The molecule has 1 saturated heterocycles. The summed E-state index contributed by atoms with van der Waals surface area (Å²) >= 11 is 0. The third-order valence-corrected chi connectivity index (χ3v) is 5.26. The first-order valence-electron chi connectivity index (χ1n) is 8.36. The highest BCUT2D eigenvalue weighted by molar-refractivity contribution is 5.85. The number of rotatable bonds is 6. The summed E-state index contributed by atoms with van der Waals surface area (Å²) in [6.45, 7) is 7.32. The van der Waals surface area contributed by atoms with Gasteiger partial charge in [0.05, 0.1) is 0 Å². The van der Waals surface area contributed by atoms with Crippen LogP contribution >= 0.6 is 24.8 Å². The molecule has 1 aromatic carbocycles. The zero-order chi connectivity index (χ0) is 13.8. The normalized spacial score (nSPS) is 27.6. The fraction of sp³-hybridized carbons (Fsp3) is 0.667. The van der Waals surface area contributed by atoms with E-state index >= 15 is 0 Å². The molecule has 3 rings (SSSR count). The van der Waals surface area contributed by atoms with Crippen LogP contribution in [0.25, 0.3) is 0 Å². The summed E-state index contributed by atoms with van der Waals surface area (Å²) in [5.74, 6) is 0.732. The molecule has 126 valence electrons. The van der Waals surface area contributed by atoms with Crippen molar-refractivity contribution in [1.82, 2.24) is 10.2 Å². The largest absolute Gasteiger partial charge is 0.309 e. The second-order valence-electron chi connectivity index (χ2n) is 6.51. The lowest BCUT2D eigenvalue weighted by atomic mass is 10.0. The molecule has 0 aromatic heterocycles. The molecule has 2 fully saturated rings. The van der Waals surface area contributed by atoms with Gasteiger partial charge in [0.25, 0.3) is 0 Å². The molecule has 2 atom stereocenters. The van der Waals surface area contributed by atoms with E-state index in [1.165, 1.54) is 57.3 Å². The number of benzene rings is 1. The van der Waals surface area contributed by atoms with Gasteiger partial charge in [0.1, 0.15) is 0 Å². The third kappa shape index (κ3) is 4.61. The lowest BCUT2D eigenvalue weighted by Crippen LogP contribution is -2.40. The first kappa shape index (κ1) is 19.8. The van der Waals surface area contributed by atoms with Crippen LogP contribution in [0.1, 0.15) is 50.5 Å². The number of halogens is 2. The van der Waals surface area contributed by atoms with Gasteiger partial charge in [-0.05, 0) is 44.3 Å². The van der Waals surface area contributed by atoms with Crippen molar-refractivity contribution in [2.75, 3.05) is 26.2 Å². The third-order valence-electron chi connectivity index (χ3n) is 5.26. The molecule has 0 unspecified atom stereocenters. The molecule has 0 radical (unpaired) electrons. The Morgan fingerprint density at radius 3 is 2.41 bits per heavy atom. The minimum Gasteiger partial charge on any atom is -0.309 e. The average Bonchev–Trinajstić information content (AvgIpc) is 3.24. The van der Waals surface area contributed by atoms with Crippen LogP contribution in [0.3, 0.4) is 0 Å². The average molecular weight is 345 g/mol. The molecule has 1 aliphatic carbocycles. The quantitative estimate of drug-likeness (QED) is 0.830. The summed E-state index contributed by atoms with van der Waals surface area (Å²) in [6, 6.07) is 11.0. The molecule has 1 heterocycles. The number of hydrogen-bond acceptors (Lipinski definition) is 2. The van der Waals surface area contributed by atoms with Crippen molar-refractivity contribution in [2.45, 2.75) is 50.5 Å². The highest BCUT2D eigenvalue weighted by Gasteiger charge is 2.52. The molecule has 0 bridgehead atoms. The molecule has 4 heteroatoms. The summed E-state index contributed by atoms with van der Waals surface area (Å²) in [5, 5.41) is 3.87. The van der Waals surface area contributed by atoms with Crippen molar-refractivity contribution in [3.8, 4) is 0 Å². The molecule has 0 amide bonds. The summed E-state index contributed by atoms with van der Waals surface area (Å²) in [6.07, 6.45) is 6.77. The standard InChI is InChI=1S/C18H28N2.2ClH/c1-2-18(15-17(18)16-9-5-3-6-10-16)19-11-14-20-12-7-4-8-13-20;;/h3,5-6,9-10,17,19H,2,4,7-8,11-15H2,1H3;2*1H/t17-,18+;;/m0../s1. The minimum absolute atomic E-state index is 0. The predicted molar refractivity (Wildman–Crippen MR) is 99.6 cm³/mol. The minimum atomic E-state index is 0. The smallest absolute Gasteiger partial charge is 0.0255 e. The van der Waals surface area contributed by atoms with Gasteiger partial charge >= 0.3 is 0 Å². The molecular weight excluding hydrogens is 315 g/mol. The molecule has 0 spiro atoms. The van der Waals surface area contributed by atoms with Gasteiger partial charge in [0, 0.05) is 24.5 Å². The van der Waals surface area contributed by atoms with Crippen molar-refractivity contribution in [3.05, 3.63) is 35.9 Å². The Balaban J connectivity index is 0.00000121. The number of likely N-dealkylation sites (tertiary alicyclic amines) is 1. The van der Waals surface area contributed by atoms with Gasteiger partial charge in [0.15, 0.2) is 0 Å². The summed E-state index contributed by atoms with van der Waals surface area (Å²) in [4.78, 5) is 2.62. The Labute approximate surface area is 147 Å². The van der Waals surface area contributed by atoms with Gasteiger partial charge in [0.2, 0.25) is 0 Å². The van der Waals surface area contributed by atoms with Gasteiger partial charge in [-0.25, -0.2) is 0 Å². The molecule has 1 aromatic rings. The molecular formula is C18H30Cl2N2. The fourth-order valence-electron chi connectivity index (χ4n) is 3.78. The number of hydrogen-bond donors (Lipinski definition) is 1. The van der Waals surface area contributed by atoms with Crippen LogP contribution in [-0.2, 0) is 0 Å². The van der Waals surface area contributed by atoms with Crippen LogP contribution in [0, 0.1) is 0 Å². The Morgan fingerprint density at radius 1 is 1.09 bits per heavy atom. The maximum Gasteiger partial charge on any atom is 0.0255 e. The second kappa shape index (κ2) is 9.12. The van der Waals surface area contributed by atoms with Crippen LogP contribution in [-0.4, -0.2) is 36.6 Å². The number of piperidine rings is 1. The van der Waals surface area contributed by atoms with E-state index in [1.54, 1.807) is 0 Å². The van der Waals surface area contributed by atoms with E-state index in [2.05, 4.69) is 47.5 Å². The number of nitrogens with zero attached hydrogens (tertiary/aromatic N) is 1. The zero-order valence-electron chi connectivity index (χ0n) is 13.6. The molecule has 1 aliphatic heterocycles. The SMILES string of the molecule is CC[C@@]1(NCCN2CCCCC2)C[C@H]1c1ccccc1.Cl.Cl. The summed E-state index contributed by atoms with van der Waals surface area (Å²) in [5.41, 5.74) is 1.90. The lowest BCUT2D eigenvalue weighted by molar-refractivity contribution is 0.224. The highest BCUT2D eigenvalue weighted by atomic mass is 35.5. The molecule has 2 nitrogen and oxygen atoms in total. The summed E-state index contributed by atoms with van der Waals surface area (Å²) in [7, 11) is 0. The molecule has 1 N–H and O–H groups in total. The van der Waals surface area contributed by atoms with Crippen molar-refractivity contribution in [1.29, 1.82) is 0 Å². The van der Waals surface area contributed by atoms with E-state index in [0.29, 0.717) is 5.54 Å². The summed E-state index contributed by atoms with van der Waals surface area (Å²) < 4.78 is 0. The van der Waals surface area contributed by atoms with E-state index in [9.17, 15) is 0 Å². The van der Waals surface area contributed by atoms with Crippen LogP contribution in [0.2, 0.25) is 0 Å². The van der Waals surface area contributed by atoms with E-state index in [1.807, 2.05) is 0 Å².